The number of likely N-dealkylation sites (tertiary alicyclic amines) is 1. The average molecular weight is 325 g/mol. The molecule has 5 heteroatoms. The molecule has 1 atom stereocenters. The van der Waals surface area contributed by atoms with Crippen molar-refractivity contribution in [3.8, 4) is 0 Å². The Morgan fingerprint density at radius 2 is 2.05 bits per heavy atom. The molecule has 1 aliphatic rings. The summed E-state index contributed by atoms with van der Waals surface area (Å²) in [7, 11) is 0. The SMILES string of the molecule is CC(C)(C)OC(=O)N1CCC(CNCc2ccc(Cl)cc2)C1. The van der Waals surface area contributed by atoms with E-state index in [2.05, 4.69) is 5.32 Å². The van der Waals surface area contributed by atoms with E-state index >= 15 is 0 Å². The zero-order valence-electron chi connectivity index (χ0n) is 13.6. The highest BCUT2D eigenvalue weighted by Crippen LogP contribution is 2.19. The molecule has 122 valence electrons. The Kier molecular flexibility index (Phi) is 5.70. The number of nitrogens with one attached hydrogen (secondary N) is 1. The monoisotopic (exact) mass is 324 g/mol. The van der Waals surface area contributed by atoms with E-state index in [1.807, 2.05) is 45.0 Å². The van der Waals surface area contributed by atoms with Crippen molar-refractivity contribution >= 4 is 17.7 Å². The van der Waals surface area contributed by atoms with Crippen LogP contribution >= 0.6 is 11.6 Å². The first kappa shape index (κ1) is 17.1. The topological polar surface area (TPSA) is 41.6 Å². The predicted octanol–water partition coefficient (Wildman–Crippen LogP) is 3.69. The van der Waals surface area contributed by atoms with E-state index in [1.54, 1.807) is 4.90 Å². The largest absolute Gasteiger partial charge is 0.444 e. The Morgan fingerprint density at radius 1 is 1.36 bits per heavy atom. The summed E-state index contributed by atoms with van der Waals surface area (Å²) in [4.78, 5) is 13.8. The normalized spacial score (nSPS) is 18.5. The lowest BCUT2D eigenvalue weighted by Crippen LogP contribution is -2.36. The Bertz CT molecular complexity index is 496. The number of benzene rings is 1. The quantitative estimate of drug-likeness (QED) is 0.918. The molecule has 1 heterocycles. The maximum absolute atomic E-state index is 12.0. The van der Waals surface area contributed by atoms with Gasteiger partial charge in [-0.05, 0) is 50.8 Å². The van der Waals surface area contributed by atoms with Gasteiger partial charge in [0.25, 0.3) is 0 Å². The molecular formula is C17H25ClN2O2. The molecule has 2 rings (SSSR count). The van der Waals surface area contributed by atoms with E-state index in [0.717, 1.165) is 37.6 Å². The molecule has 0 bridgehead atoms. The van der Waals surface area contributed by atoms with Crippen molar-refractivity contribution in [1.82, 2.24) is 10.2 Å². The van der Waals surface area contributed by atoms with Crippen LogP contribution in [-0.4, -0.2) is 36.2 Å². The van der Waals surface area contributed by atoms with Gasteiger partial charge in [-0.25, -0.2) is 4.79 Å². The molecule has 1 fully saturated rings. The molecule has 1 N–H and O–H groups in total. The van der Waals surface area contributed by atoms with Gasteiger partial charge in [-0.3, -0.25) is 0 Å². The van der Waals surface area contributed by atoms with Crippen LogP contribution < -0.4 is 5.32 Å². The Labute approximate surface area is 137 Å². The number of carbonyl (C=O) groups excluding carboxylic acids is 1. The van der Waals surface area contributed by atoms with Crippen LogP contribution in [0.1, 0.15) is 32.8 Å². The molecule has 0 radical (unpaired) electrons. The molecule has 1 aromatic carbocycles. The fourth-order valence-corrected chi connectivity index (χ4v) is 2.64. The van der Waals surface area contributed by atoms with Crippen LogP contribution in [0.5, 0.6) is 0 Å². The fourth-order valence-electron chi connectivity index (χ4n) is 2.51. The van der Waals surface area contributed by atoms with Crippen LogP contribution in [0.3, 0.4) is 0 Å². The van der Waals surface area contributed by atoms with Crippen LogP contribution in [0.25, 0.3) is 0 Å². The third kappa shape index (κ3) is 5.50. The van der Waals surface area contributed by atoms with Gasteiger partial charge in [-0.15, -0.1) is 0 Å². The minimum atomic E-state index is -0.429. The Balaban J connectivity index is 1.70. The van der Waals surface area contributed by atoms with Gasteiger partial charge < -0.3 is 15.0 Å². The average Bonchev–Trinajstić information content (AvgIpc) is 2.88. The molecule has 4 nitrogen and oxygen atoms in total. The standard InChI is InChI=1S/C17H25ClN2O2/c1-17(2,3)22-16(21)20-9-8-14(12-20)11-19-10-13-4-6-15(18)7-5-13/h4-7,14,19H,8-12H2,1-3H3. The third-order valence-electron chi connectivity index (χ3n) is 3.61. The minimum Gasteiger partial charge on any atom is -0.444 e. The van der Waals surface area contributed by atoms with Gasteiger partial charge in [0.2, 0.25) is 0 Å². The van der Waals surface area contributed by atoms with Gasteiger partial charge in [0.15, 0.2) is 0 Å². The van der Waals surface area contributed by atoms with Gasteiger partial charge in [0.1, 0.15) is 5.60 Å². The summed E-state index contributed by atoms with van der Waals surface area (Å²) >= 11 is 5.87. The number of hydrogen-bond donors (Lipinski definition) is 1. The smallest absolute Gasteiger partial charge is 0.410 e. The lowest BCUT2D eigenvalue weighted by atomic mass is 10.1. The summed E-state index contributed by atoms with van der Waals surface area (Å²) in [6.45, 7) is 8.96. The highest BCUT2D eigenvalue weighted by Gasteiger charge is 2.29. The van der Waals surface area contributed by atoms with E-state index in [9.17, 15) is 4.79 Å². The van der Waals surface area contributed by atoms with E-state index in [0.29, 0.717) is 5.92 Å². The number of rotatable bonds is 4. The number of amides is 1. The molecule has 0 aromatic heterocycles. The molecule has 0 aliphatic carbocycles. The van der Waals surface area contributed by atoms with Crippen molar-refractivity contribution < 1.29 is 9.53 Å². The number of hydrogen-bond acceptors (Lipinski definition) is 3. The first-order valence-electron chi connectivity index (χ1n) is 7.76. The molecule has 0 saturated carbocycles. The number of nitrogens with zero attached hydrogens (tertiary/aromatic N) is 1. The number of ether oxygens (including phenoxy) is 1. The van der Waals surface area contributed by atoms with E-state index in [-0.39, 0.29) is 6.09 Å². The van der Waals surface area contributed by atoms with Crippen LogP contribution in [0.2, 0.25) is 5.02 Å². The van der Waals surface area contributed by atoms with E-state index in [1.165, 1.54) is 5.56 Å². The molecular weight excluding hydrogens is 300 g/mol. The van der Waals surface area contributed by atoms with Crippen molar-refractivity contribution in [1.29, 1.82) is 0 Å². The van der Waals surface area contributed by atoms with Crippen LogP contribution in [-0.2, 0) is 11.3 Å². The molecule has 0 spiro atoms. The van der Waals surface area contributed by atoms with Crippen molar-refractivity contribution in [3.63, 3.8) is 0 Å². The lowest BCUT2D eigenvalue weighted by molar-refractivity contribution is 0.0288. The Morgan fingerprint density at radius 3 is 2.68 bits per heavy atom. The highest BCUT2D eigenvalue weighted by molar-refractivity contribution is 6.30. The van der Waals surface area contributed by atoms with Gasteiger partial charge in [-0.1, -0.05) is 23.7 Å². The summed E-state index contributed by atoms with van der Waals surface area (Å²) in [5.41, 5.74) is 0.786. The van der Waals surface area contributed by atoms with Crippen molar-refractivity contribution in [3.05, 3.63) is 34.9 Å². The predicted molar refractivity (Wildman–Crippen MR) is 89.1 cm³/mol. The summed E-state index contributed by atoms with van der Waals surface area (Å²) < 4.78 is 5.41. The second kappa shape index (κ2) is 7.34. The molecule has 1 amide bonds. The first-order valence-corrected chi connectivity index (χ1v) is 8.14. The zero-order valence-corrected chi connectivity index (χ0v) is 14.3. The van der Waals surface area contributed by atoms with Crippen molar-refractivity contribution in [2.75, 3.05) is 19.6 Å². The maximum atomic E-state index is 12.0. The maximum Gasteiger partial charge on any atom is 0.410 e. The van der Waals surface area contributed by atoms with Crippen LogP contribution in [0.4, 0.5) is 4.79 Å². The van der Waals surface area contributed by atoms with Crippen LogP contribution in [0, 0.1) is 5.92 Å². The van der Waals surface area contributed by atoms with Crippen molar-refractivity contribution in [2.45, 2.75) is 39.3 Å². The fraction of sp³-hybridized carbons (Fsp3) is 0.588. The number of carbonyl (C=O) groups is 1. The van der Waals surface area contributed by atoms with Crippen LogP contribution in [0.15, 0.2) is 24.3 Å². The van der Waals surface area contributed by atoms with E-state index in [4.69, 9.17) is 16.3 Å². The second-order valence-electron chi connectivity index (χ2n) is 6.84. The molecule has 1 aromatic rings. The van der Waals surface area contributed by atoms with Gasteiger partial charge in [-0.2, -0.15) is 0 Å². The summed E-state index contributed by atoms with van der Waals surface area (Å²) in [5, 5.41) is 4.21. The van der Waals surface area contributed by atoms with Gasteiger partial charge in [0.05, 0.1) is 0 Å². The zero-order chi connectivity index (χ0) is 16.2. The van der Waals surface area contributed by atoms with Gasteiger partial charge in [0, 0.05) is 31.2 Å². The van der Waals surface area contributed by atoms with E-state index < -0.39 is 5.60 Å². The molecule has 1 aliphatic heterocycles. The number of halogens is 1. The summed E-state index contributed by atoms with van der Waals surface area (Å²) in [6, 6.07) is 7.85. The summed E-state index contributed by atoms with van der Waals surface area (Å²) in [5.74, 6) is 0.486. The highest BCUT2D eigenvalue weighted by atomic mass is 35.5. The first-order chi connectivity index (χ1) is 10.3. The molecule has 1 unspecified atom stereocenters. The van der Waals surface area contributed by atoms with Crippen molar-refractivity contribution in [2.24, 2.45) is 5.92 Å². The Hall–Kier alpha value is -1.26. The lowest BCUT2D eigenvalue weighted by Gasteiger charge is -2.24. The molecule has 22 heavy (non-hydrogen) atoms. The third-order valence-corrected chi connectivity index (χ3v) is 3.86. The summed E-state index contributed by atoms with van der Waals surface area (Å²) in [6.07, 6.45) is 0.819. The van der Waals surface area contributed by atoms with Gasteiger partial charge >= 0.3 is 6.09 Å². The molecule has 1 saturated heterocycles. The second-order valence-corrected chi connectivity index (χ2v) is 7.27. The minimum absolute atomic E-state index is 0.201.